The van der Waals surface area contributed by atoms with E-state index in [1.807, 2.05) is 61.2 Å². The van der Waals surface area contributed by atoms with Gasteiger partial charge in [0.2, 0.25) is 11.8 Å². The maximum Gasteiger partial charge on any atom is 0.319 e. The number of nitrogens with one attached hydrogen (secondary N) is 2. The summed E-state index contributed by atoms with van der Waals surface area (Å²) in [7, 11) is 5.36. The van der Waals surface area contributed by atoms with Crippen LogP contribution in [0.4, 0.5) is 10.5 Å². The molecule has 2 aromatic carbocycles. The molecule has 1 atom stereocenters. The van der Waals surface area contributed by atoms with E-state index < -0.39 is 6.04 Å². The molecule has 6 rings (SSSR count). The van der Waals surface area contributed by atoms with Gasteiger partial charge >= 0.3 is 6.03 Å². The number of nitrogens with zero attached hydrogens (tertiary/aromatic N) is 4. The van der Waals surface area contributed by atoms with E-state index >= 15 is 0 Å². The molecule has 51 heavy (non-hydrogen) atoms. The highest BCUT2D eigenvalue weighted by Gasteiger charge is 2.32. The molecule has 3 aromatic rings. The number of rotatable bonds is 8. The summed E-state index contributed by atoms with van der Waals surface area (Å²) in [6.45, 7) is 7.59. The van der Waals surface area contributed by atoms with E-state index in [0.29, 0.717) is 30.3 Å². The number of amides is 4. The predicted octanol–water partition coefficient (Wildman–Crippen LogP) is 5.44. The fraction of sp³-hybridized carbons (Fsp3) is 0.487. The van der Waals surface area contributed by atoms with Crippen LogP contribution in [0.25, 0.3) is 11.1 Å². The number of anilines is 1. The molecule has 0 bridgehead atoms. The molecule has 1 aromatic heterocycles. The van der Waals surface area contributed by atoms with Crippen LogP contribution in [0.1, 0.15) is 66.7 Å². The summed E-state index contributed by atoms with van der Waals surface area (Å²) < 4.78 is 7.43. The van der Waals surface area contributed by atoms with E-state index in [9.17, 15) is 19.2 Å². The van der Waals surface area contributed by atoms with Gasteiger partial charge in [-0.3, -0.25) is 24.6 Å². The molecule has 0 saturated carbocycles. The lowest BCUT2D eigenvalue weighted by Crippen LogP contribution is -2.51. The van der Waals surface area contributed by atoms with Gasteiger partial charge in [0.1, 0.15) is 11.8 Å². The first-order chi connectivity index (χ1) is 24.4. The van der Waals surface area contributed by atoms with Crippen LogP contribution in [0.2, 0.25) is 5.02 Å². The monoisotopic (exact) mass is 716 g/mol. The summed E-state index contributed by atoms with van der Waals surface area (Å²) in [5, 5.41) is 6.26. The Morgan fingerprint density at radius 1 is 0.980 bits per heavy atom. The van der Waals surface area contributed by atoms with E-state index in [1.54, 1.807) is 18.7 Å². The topological polar surface area (TPSA) is 116 Å². The van der Waals surface area contributed by atoms with Gasteiger partial charge in [0.15, 0.2) is 0 Å². The lowest BCUT2D eigenvalue weighted by molar-refractivity contribution is -0.133. The van der Waals surface area contributed by atoms with Crippen molar-refractivity contribution in [1.82, 2.24) is 24.6 Å². The van der Waals surface area contributed by atoms with Crippen LogP contribution in [0.15, 0.2) is 47.4 Å². The highest BCUT2D eigenvalue weighted by atomic mass is 35.5. The zero-order chi connectivity index (χ0) is 36.4. The SMILES string of the molecule is COc1cc(-c2cn(C)c(=O)c(C)c2C)cc(Cl)c1CN1CCC(N(C)C(=O)N2CCC(c3ccc(NC4CCC(=O)NC4=O)cc3)CC2)CC1. The maximum atomic E-state index is 13.6. The van der Waals surface area contributed by atoms with Crippen molar-refractivity contribution < 1.29 is 19.1 Å². The molecule has 1 unspecified atom stereocenters. The lowest BCUT2D eigenvalue weighted by Gasteiger charge is -2.40. The number of methoxy groups -OCH3 is 1. The summed E-state index contributed by atoms with van der Waals surface area (Å²) in [4.78, 5) is 55.8. The normalized spacial score (nSPS) is 19.2. The molecule has 2 N–H and O–H groups in total. The molecular weight excluding hydrogens is 668 g/mol. The van der Waals surface area contributed by atoms with Gasteiger partial charge in [0.25, 0.3) is 5.56 Å². The number of ether oxygens (including phenoxy) is 1. The Morgan fingerprint density at radius 2 is 1.67 bits per heavy atom. The molecule has 0 aliphatic carbocycles. The molecule has 11 nitrogen and oxygen atoms in total. The van der Waals surface area contributed by atoms with E-state index in [0.717, 1.165) is 91.1 Å². The van der Waals surface area contributed by atoms with Crippen molar-refractivity contribution in [2.75, 3.05) is 45.7 Å². The van der Waals surface area contributed by atoms with Gasteiger partial charge in [-0.25, -0.2) is 4.79 Å². The van der Waals surface area contributed by atoms with Crippen LogP contribution >= 0.6 is 11.6 Å². The first-order valence-corrected chi connectivity index (χ1v) is 18.3. The van der Waals surface area contributed by atoms with Crippen molar-refractivity contribution in [1.29, 1.82) is 0 Å². The van der Waals surface area contributed by atoms with Crippen molar-refractivity contribution in [3.8, 4) is 16.9 Å². The quantitative estimate of drug-likeness (QED) is 0.298. The fourth-order valence-electron chi connectivity index (χ4n) is 7.73. The van der Waals surface area contributed by atoms with Crippen molar-refractivity contribution in [2.45, 2.75) is 76.9 Å². The number of hydrogen-bond donors (Lipinski definition) is 2. The van der Waals surface area contributed by atoms with Gasteiger partial charge in [0.05, 0.1) is 7.11 Å². The fourth-order valence-corrected chi connectivity index (χ4v) is 8.00. The number of likely N-dealkylation sites (tertiary alicyclic amines) is 2. The number of pyridine rings is 1. The minimum Gasteiger partial charge on any atom is -0.496 e. The molecular formula is C39H49ClN6O5. The van der Waals surface area contributed by atoms with Gasteiger partial charge in [-0.2, -0.15) is 0 Å². The van der Waals surface area contributed by atoms with Crippen molar-refractivity contribution >= 4 is 35.1 Å². The highest BCUT2D eigenvalue weighted by Crippen LogP contribution is 2.36. The molecule has 4 heterocycles. The summed E-state index contributed by atoms with van der Waals surface area (Å²) in [5.41, 5.74) is 6.54. The molecule has 0 spiro atoms. The third-order valence-corrected chi connectivity index (χ3v) is 11.5. The number of carbonyl (C=O) groups is 3. The Bertz CT molecular complexity index is 1840. The number of aryl methyl sites for hydroxylation is 1. The standard InChI is InChI=1S/C39H49ClN6O5/c1-24-25(2)38(49)43(3)22-31(24)28-20-33(40)32(35(21-28)51-5)23-45-16-14-30(15-17-45)44(4)39(50)46-18-12-27(13-19-46)26-6-8-29(9-7-26)41-34-10-11-36(47)42-37(34)48/h6-9,20-22,27,30,34,41H,10-19,23H2,1-5H3,(H,42,47,48). The summed E-state index contributed by atoms with van der Waals surface area (Å²) in [6, 6.07) is 12.0. The number of imide groups is 1. The number of aromatic nitrogens is 1. The number of urea groups is 1. The molecule has 3 aliphatic heterocycles. The van der Waals surface area contributed by atoms with E-state index in [1.165, 1.54) is 5.56 Å². The first kappa shape index (κ1) is 36.4. The van der Waals surface area contributed by atoms with Gasteiger partial charge in [-0.15, -0.1) is 0 Å². The summed E-state index contributed by atoms with van der Waals surface area (Å²) >= 11 is 6.89. The van der Waals surface area contributed by atoms with Crippen LogP contribution in [-0.2, 0) is 23.2 Å². The molecule has 272 valence electrons. The van der Waals surface area contributed by atoms with Crippen molar-refractivity contribution in [3.63, 3.8) is 0 Å². The first-order valence-electron chi connectivity index (χ1n) is 17.9. The van der Waals surface area contributed by atoms with Gasteiger partial charge in [0, 0.05) is 92.9 Å². The number of hydrogen-bond acceptors (Lipinski definition) is 7. The lowest BCUT2D eigenvalue weighted by atomic mass is 9.89. The van der Waals surface area contributed by atoms with Crippen LogP contribution in [0, 0.1) is 13.8 Å². The zero-order valence-corrected chi connectivity index (χ0v) is 31.0. The van der Waals surface area contributed by atoms with E-state index in [2.05, 4.69) is 27.7 Å². The summed E-state index contributed by atoms with van der Waals surface area (Å²) in [6.07, 6.45) is 6.26. The Balaban J connectivity index is 0.991. The largest absolute Gasteiger partial charge is 0.496 e. The minimum atomic E-state index is -0.402. The second-order valence-corrected chi connectivity index (χ2v) is 14.7. The zero-order valence-electron chi connectivity index (χ0n) is 30.3. The number of carbonyl (C=O) groups excluding carboxylic acids is 3. The Labute approximate surface area is 304 Å². The Morgan fingerprint density at radius 3 is 2.31 bits per heavy atom. The van der Waals surface area contributed by atoms with Crippen LogP contribution in [-0.4, -0.2) is 89.5 Å². The molecule has 3 aliphatic rings. The average Bonchev–Trinajstić information content (AvgIpc) is 3.14. The van der Waals surface area contributed by atoms with Crippen LogP contribution in [0.5, 0.6) is 5.75 Å². The second-order valence-electron chi connectivity index (χ2n) is 14.3. The smallest absolute Gasteiger partial charge is 0.319 e. The number of halogens is 1. The Hall–Kier alpha value is -4.35. The van der Waals surface area contributed by atoms with Crippen LogP contribution in [0.3, 0.4) is 0 Å². The number of benzene rings is 2. The molecule has 3 saturated heterocycles. The number of piperidine rings is 3. The molecule has 0 radical (unpaired) electrons. The molecule has 12 heteroatoms. The van der Waals surface area contributed by atoms with E-state index in [-0.39, 0.29) is 29.4 Å². The third-order valence-electron chi connectivity index (χ3n) is 11.1. The maximum absolute atomic E-state index is 13.6. The molecule has 3 fully saturated rings. The van der Waals surface area contributed by atoms with Gasteiger partial charge in [-0.1, -0.05) is 23.7 Å². The Kier molecular flexibility index (Phi) is 11.1. The van der Waals surface area contributed by atoms with Crippen LogP contribution < -0.4 is 20.9 Å². The van der Waals surface area contributed by atoms with Crippen molar-refractivity contribution in [3.05, 3.63) is 80.2 Å². The van der Waals surface area contributed by atoms with Gasteiger partial charge < -0.3 is 24.4 Å². The second kappa shape index (κ2) is 15.5. The third kappa shape index (κ3) is 7.94. The summed E-state index contributed by atoms with van der Waals surface area (Å²) in [5.74, 6) is 0.600. The average molecular weight is 717 g/mol. The minimum absolute atomic E-state index is 0.00599. The van der Waals surface area contributed by atoms with E-state index in [4.69, 9.17) is 16.3 Å². The highest BCUT2D eigenvalue weighted by molar-refractivity contribution is 6.32. The predicted molar refractivity (Wildman–Crippen MR) is 199 cm³/mol. The molecule has 4 amide bonds. The van der Waals surface area contributed by atoms with Gasteiger partial charge in [-0.05, 0) is 92.8 Å². The van der Waals surface area contributed by atoms with Crippen molar-refractivity contribution in [2.24, 2.45) is 7.05 Å².